The Labute approximate surface area is 239 Å². The van der Waals surface area contributed by atoms with Crippen molar-refractivity contribution in [3.8, 4) is 11.3 Å². The lowest BCUT2D eigenvalue weighted by atomic mass is 10.1. The predicted molar refractivity (Wildman–Crippen MR) is 161 cm³/mol. The van der Waals surface area contributed by atoms with Gasteiger partial charge in [-0.15, -0.1) is 0 Å². The van der Waals surface area contributed by atoms with Gasteiger partial charge in [0.1, 0.15) is 0 Å². The first-order valence-corrected chi connectivity index (χ1v) is 14.3. The SMILES string of the molecule is O=C(Nc1cccc(Cl)c1)c1cccc(-c2cccc3nc(Cc4ccc(CCCN5CCCC5)cc4)nn23)c1. The van der Waals surface area contributed by atoms with Gasteiger partial charge in [-0.2, -0.15) is 5.10 Å². The number of fused-ring (bicyclic) bond motifs is 1. The van der Waals surface area contributed by atoms with Crippen LogP contribution in [0.2, 0.25) is 5.02 Å². The summed E-state index contributed by atoms with van der Waals surface area (Å²) < 4.78 is 1.86. The number of hydrogen-bond donors (Lipinski definition) is 1. The van der Waals surface area contributed by atoms with E-state index in [2.05, 4.69) is 34.5 Å². The first-order valence-electron chi connectivity index (χ1n) is 13.9. The number of rotatable bonds is 9. The zero-order valence-corrected chi connectivity index (χ0v) is 23.1. The third-order valence-corrected chi connectivity index (χ3v) is 7.67. The van der Waals surface area contributed by atoms with Crippen molar-refractivity contribution < 1.29 is 4.79 Å². The van der Waals surface area contributed by atoms with E-state index in [4.69, 9.17) is 21.7 Å². The number of nitrogens with one attached hydrogen (secondary N) is 1. The number of carbonyl (C=O) groups is 1. The number of hydrogen-bond acceptors (Lipinski definition) is 4. The van der Waals surface area contributed by atoms with Crippen molar-refractivity contribution in [2.45, 2.75) is 32.1 Å². The van der Waals surface area contributed by atoms with Gasteiger partial charge in [-0.1, -0.05) is 60.1 Å². The van der Waals surface area contributed by atoms with Gasteiger partial charge in [-0.3, -0.25) is 4.79 Å². The number of benzene rings is 3. The van der Waals surface area contributed by atoms with Gasteiger partial charge in [0.2, 0.25) is 0 Å². The smallest absolute Gasteiger partial charge is 0.255 e. The van der Waals surface area contributed by atoms with Crippen LogP contribution in [0.1, 0.15) is 46.6 Å². The molecule has 1 N–H and O–H groups in total. The summed E-state index contributed by atoms with van der Waals surface area (Å²) in [5, 5.41) is 8.32. The average Bonchev–Trinajstić information content (AvgIpc) is 3.64. The minimum absolute atomic E-state index is 0.199. The van der Waals surface area contributed by atoms with E-state index < -0.39 is 0 Å². The van der Waals surface area contributed by atoms with Crippen LogP contribution in [0.4, 0.5) is 5.69 Å². The largest absolute Gasteiger partial charge is 0.322 e. The maximum Gasteiger partial charge on any atom is 0.255 e. The predicted octanol–water partition coefficient (Wildman–Crippen LogP) is 6.92. The fraction of sp³-hybridized carbons (Fsp3) is 0.242. The summed E-state index contributed by atoms with van der Waals surface area (Å²) in [6.45, 7) is 3.72. The minimum Gasteiger partial charge on any atom is -0.322 e. The van der Waals surface area contributed by atoms with Crippen molar-refractivity contribution in [1.82, 2.24) is 19.5 Å². The number of pyridine rings is 1. The molecule has 2 aromatic heterocycles. The van der Waals surface area contributed by atoms with Crippen LogP contribution in [0.5, 0.6) is 0 Å². The maximum atomic E-state index is 12.9. The van der Waals surface area contributed by atoms with Crippen molar-refractivity contribution in [3.63, 3.8) is 0 Å². The Balaban J connectivity index is 1.15. The molecule has 3 aromatic carbocycles. The van der Waals surface area contributed by atoms with Crippen LogP contribution >= 0.6 is 11.6 Å². The van der Waals surface area contributed by atoms with E-state index in [1.165, 1.54) is 50.0 Å². The second-order valence-corrected chi connectivity index (χ2v) is 10.8. The number of anilines is 1. The van der Waals surface area contributed by atoms with E-state index >= 15 is 0 Å². The molecule has 7 heteroatoms. The van der Waals surface area contributed by atoms with Crippen LogP contribution < -0.4 is 5.32 Å². The highest BCUT2D eigenvalue weighted by Gasteiger charge is 2.13. The molecular weight excluding hydrogens is 518 g/mol. The third-order valence-electron chi connectivity index (χ3n) is 7.43. The van der Waals surface area contributed by atoms with Gasteiger partial charge in [-0.25, -0.2) is 9.50 Å². The molecular formula is C33H32ClN5O. The van der Waals surface area contributed by atoms with Gasteiger partial charge >= 0.3 is 0 Å². The van der Waals surface area contributed by atoms with Gasteiger partial charge in [0.15, 0.2) is 11.5 Å². The number of carbonyl (C=O) groups excluding carboxylic acids is 1. The monoisotopic (exact) mass is 549 g/mol. The van der Waals surface area contributed by atoms with Gasteiger partial charge < -0.3 is 10.2 Å². The van der Waals surface area contributed by atoms with Crippen LogP contribution in [0.25, 0.3) is 16.9 Å². The number of amides is 1. The quantitative estimate of drug-likeness (QED) is 0.217. The van der Waals surface area contributed by atoms with Crippen LogP contribution in [0, 0.1) is 0 Å². The average molecular weight is 550 g/mol. The Kier molecular flexibility index (Phi) is 7.89. The molecule has 0 saturated carbocycles. The van der Waals surface area contributed by atoms with Crippen molar-refractivity contribution in [1.29, 1.82) is 0 Å². The molecule has 202 valence electrons. The molecule has 1 saturated heterocycles. The van der Waals surface area contributed by atoms with E-state index in [9.17, 15) is 4.79 Å². The van der Waals surface area contributed by atoms with Crippen LogP contribution in [0.15, 0.2) is 91.0 Å². The Bertz CT molecular complexity index is 1620. The van der Waals surface area contributed by atoms with E-state index in [0.717, 1.165) is 29.1 Å². The molecule has 1 aliphatic heterocycles. The molecule has 40 heavy (non-hydrogen) atoms. The van der Waals surface area contributed by atoms with E-state index in [1.807, 2.05) is 53.0 Å². The number of aryl methyl sites for hydroxylation is 1. The van der Waals surface area contributed by atoms with E-state index in [1.54, 1.807) is 18.2 Å². The molecule has 0 unspecified atom stereocenters. The second kappa shape index (κ2) is 12.0. The summed E-state index contributed by atoms with van der Waals surface area (Å²) in [4.78, 5) is 20.3. The lowest BCUT2D eigenvalue weighted by Gasteiger charge is -2.13. The standard InChI is InChI=1S/C33H32ClN5O/c34-28-10-4-11-29(23-28)35-33(40)27-9-3-8-26(22-27)30-12-5-13-32-36-31(37-39(30)32)21-25-16-14-24(15-17-25)7-6-20-38-18-1-2-19-38/h3-5,8-17,22-23H,1-2,6-7,18-21H2,(H,35,40). The van der Waals surface area contributed by atoms with Crippen molar-refractivity contribution in [3.05, 3.63) is 119 Å². The summed E-state index contributed by atoms with van der Waals surface area (Å²) in [5.74, 6) is 0.569. The number of halogens is 1. The highest BCUT2D eigenvalue weighted by atomic mass is 35.5. The van der Waals surface area contributed by atoms with Crippen molar-refractivity contribution in [2.24, 2.45) is 0 Å². The maximum absolute atomic E-state index is 12.9. The summed E-state index contributed by atoms with van der Waals surface area (Å²) >= 11 is 6.07. The molecule has 1 amide bonds. The van der Waals surface area contributed by atoms with Gasteiger partial charge in [0.25, 0.3) is 5.91 Å². The summed E-state index contributed by atoms with van der Waals surface area (Å²) in [6, 6.07) is 29.4. The third kappa shape index (κ3) is 6.24. The fourth-order valence-corrected chi connectivity index (χ4v) is 5.54. The number of likely N-dealkylation sites (tertiary alicyclic amines) is 1. The van der Waals surface area contributed by atoms with Gasteiger partial charge in [-0.05, 0) is 98.9 Å². The highest BCUT2D eigenvalue weighted by molar-refractivity contribution is 6.31. The molecule has 1 aliphatic rings. The molecule has 0 aliphatic carbocycles. The lowest BCUT2D eigenvalue weighted by molar-refractivity contribution is 0.102. The van der Waals surface area contributed by atoms with Crippen LogP contribution in [0.3, 0.4) is 0 Å². The van der Waals surface area contributed by atoms with Crippen LogP contribution in [-0.2, 0) is 12.8 Å². The molecule has 0 bridgehead atoms. The Morgan fingerprint density at radius 1 is 0.875 bits per heavy atom. The molecule has 5 aromatic rings. The molecule has 0 radical (unpaired) electrons. The Morgan fingerprint density at radius 3 is 2.48 bits per heavy atom. The summed E-state index contributed by atoms with van der Waals surface area (Å²) in [5.41, 5.74) is 6.32. The van der Waals surface area contributed by atoms with Gasteiger partial charge in [0, 0.05) is 28.3 Å². The van der Waals surface area contributed by atoms with E-state index in [-0.39, 0.29) is 5.91 Å². The summed E-state index contributed by atoms with van der Waals surface area (Å²) in [7, 11) is 0. The Morgan fingerprint density at radius 2 is 1.65 bits per heavy atom. The normalized spacial score (nSPS) is 13.6. The molecule has 1 fully saturated rings. The zero-order chi connectivity index (χ0) is 27.3. The molecule has 3 heterocycles. The molecule has 0 spiro atoms. The molecule has 6 nitrogen and oxygen atoms in total. The van der Waals surface area contributed by atoms with Crippen LogP contribution in [-0.4, -0.2) is 45.0 Å². The van der Waals surface area contributed by atoms with Gasteiger partial charge in [0.05, 0.1) is 5.69 Å². The summed E-state index contributed by atoms with van der Waals surface area (Å²) in [6.07, 6.45) is 5.68. The van der Waals surface area contributed by atoms with Crippen molar-refractivity contribution >= 4 is 28.8 Å². The highest BCUT2D eigenvalue weighted by Crippen LogP contribution is 2.23. The molecule has 6 rings (SSSR count). The minimum atomic E-state index is -0.199. The number of nitrogens with zero attached hydrogens (tertiary/aromatic N) is 4. The first kappa shape index (κ1) is 26.2. The first-order chi connectivity index (χ1) is 19.6. The molecule has 0 atom stereocenters. The van der Waals surface area contributed by atoms with Crippen molar-refractivity contribution in [2.75, 3.05) is 25.0 Å². The Hall–Kier alpha value is -4.00. The lowest BCUT2D eigenvalue weighted by Crippen LogP contribution is -2.20. The second-order valence-electron chi connectivity index (χ2n) is 10.4. The van der Waals surface area contributed by atoms with E-state index in [0.29, 0.717) is 22.7 Å². The fourth-order valence-electron chi connectivity index (χ4n) is 5.35. The zero-order valence-electron chi connectivity index (χ0n) is 22.4. The topological polar surface area (TPSA) is 62.5 Å². The number of aromatic nitrogens is 3.